The van der Waals surface area contributed by atoms with E-state index in [4.69, 9.17) is 4.74 Å². The van der Waals surface area contributed by atoms with Gasteiger partial charge in [-0.05, 0) is 60.7 Å². The Morgan fingerprint density at radius 1 is 1.03 bits per heavy atom. The zero-order chi connectivity index (χ0) is 20.4. The van der Waals surface area contributed by atoms with Crippen LogP contribution in [0, 0.1) is 0 Å². The molecule has 0 unspecified atom stereocenters. The highest BCUT2D eigenvalue weighted by molar-refractivity contribution is 7.94. The van der Waals surface area contributed by atoms with Gasteiger partial charge in [0.05, 0.1) is 17.4 Å². The number of rotatable bonds is 5. The molecule has 0 N–H and O–H groups in total. The lowest BCUT2D eigenvalue weighted by Crippen LogP contribution is -2.43. The summed E-state index contributed by atoms with van der Waals surface area (Å²) in [7, 11) is -3.34. The molecular formula is C22H21NO5S. The molecule has 0 radical (unpaired) electrons. The van der Waals surface area contributed by atoms with Crippen molar-refractivity contribution < 1.29 is 22.7 Å². The number of carbonyl (C=O) groups is 2. The van der Waals surface area contributed by atoms with Crippen LogP contribution in [-0.4, -0.2) is 38.7 Å². The van der Waals surface area contributed by atoms with Crippen LogP contribution in [-0.2, 0) is 32.2 Å². The van der Waals surface area contributed by atoms with Crippen LogP contribution in [0.2, 0.25) is 0 Å². The molecule has 0 saturated carbocycles. The van der Waals surface area contributed by atoms with Gasteiger partial charge in [0.15, 0.2) is 16.4 Å². The van der Waals surface area contributed by atoms with Crippen molar-refractivity contribution in [1.29, 1.82) is 0 Å². The predicted molar refractivity (Wildman–Crippen MR) is 109 cm³/mol. The first kappa shape index (κ1) is 19.4. The second-order valence-corrected chi connectivity index (χ2v) is 9.17. The highest BCUT2D eigenvalue weighted by Crippen LogP contribution is 2.24. The maximum Gasteiger partial charge on any atom is 0.338 e. The number of ether oxygens (including phenoxy) is 1. The van der Waals surface area contributed by atoms with Gasteiger partial charge in [-0.1, -0.05) is 24.3 Å². The Morgan fingerprint density at radius 3 is 2.52 bits per heavy atom. The van der Waals surface area contributed by atoms with Gasteiger partial charge in [0.2, 0.25) is 0 Å². The molecule has 1 heterocycles. The van der Waals surface area contributed by atoms with Crippen molar-refractivity contribution in [1.82, 2.24) is 0 Å². The van der Waals surface area contributed by atoms with E-state index in [0.717, 1.165) is 30.2 Å². The minimum absolute atomic E-state index is 0.188. The first-order valence-electron chi connectivity index (χ1n) is 9.50. The Morgan fingerprint density at radius 2 is 1.79 bits per heavy atom. The van der Waals surface area contributed by atoms with Crippen molar-refractivity contribution in [3.05, 3.63) is 76.7 Å². The molecule has 150 valence electrons. The van der Waals surface area contributed by atoms with E-state index in [0.29, 0.717) is 11.3 Å². The van der Waals surface area contributed by atoms with Crippen molar-refractivity contribution in [2.75, 3.05) is 17.3 Å². The molecule has 2 aliphatic rings. The minimum atomic E-state index is -3.34. The van der Waals surface area contributed by atoms with Crippen LogP contribution in [0.1, 0.15) is 27.9 Å². The summed E-state index contributed by atoms with van der Waals surface area (Å²) in [5.74, 6) is -1.22. The summed E-state index contributed by atoms with van der Waals surface area (Å²) in [5.41, 5.74) is 3.38. The number of benzene rings is 2. The van der Waals surface area contributed by atoms with Crippen LogP contribution >= 0.6 is 0 Å². The van der Waals surface area contributed by atoms with Crippen molar-refractivity contribution in [3.8, 4) is 0 Å². The minimum Gasteiger partial charge on any atom is -0.452 e. The van der Waals surface area contributed by atoms with Crippen LogP contribution in [0.3, 0.4) is 0 Å². The molecule has 0 fully saturated rings. The number of carbonyl (C=O) groups excluding carboxylic acids is 2. The van der Waals surface area contributed by atoms with Crippen molar-refractivity contribution in [2.24, 2.45) is 0 Å². The molecule has 1 aliphatic heterocycles. The summed E-state index contributed by atoms with van der Waals surface area (Å²) in [4.78, 5) is 26.7. The number of anilines is 1. The number of para-hydroxylation sites is 1. The number of esters is 1. The summed E-state index contributed by atoms with van der Waals surface area (Å²) >= 11 is 0. The number of fused-ring (bicyclic) bond motifs is 1. The Bertz CT molecular complexity index is 1080. The quantitative estimate of drug-likeness (QED) is 0.707. The van der Waals surface area contributed by atoms with Gasteiger partial charge in [-0.15, -0.1) is 0 Å². The second kappa shape index (κ2) is 7.83. The molecule has 0 aromatic heterocycles. The smallest absolute Gasteiger partial charge is 0.338 e. The second-order valence-electron chi connectivity index (χ2n) is 7.24. The Balaban J connectivity index is 1.48. The van der Waals surface area contributed by atoms with Gasteiger partial charge in [-0.3, -0.25) is 4.79 Å². The average Bonchev–Trinajstić information content (AvgIpc) is 3.32. The molecule has 1 atom stereocenters. The average molecular weight is 411 g/mol. The highest BCUT2D eigenvalue weighted by Gasteiger charge is 2.32. The van der Waals surface area contributed by atoms with E-state index in [1.807, 2.05) is 12.1 Å². The van der Waals surface area contributed by atoms with Crippen molar-refractivity contribution in [2.45, 2.75) is 25.3 Å². The molecule has 7 heteroatoms. The number of hydrogen-bond donors (Lipinski definition) is 0. The van der Waals surface area contributed by atoms with Gasteiger partial charge >= 0.3 is 5.97 Å². The zero-order valence-corrected chi connectivity index (χ0v) is 16.6. The topological polar surface area (TPSA) is 80.8 Å². The SMILES string of the molecule is O=C(OCC(=O)N(c1ccccc1)[C@H]1C=CS(=O)(=O)C1)c1ccc2c(c1)CCC2. The highest BCUT2D eigenvalue weighted by atomic mass is 32.2. The van der Waals surface area contributed by atoms with Crippen LogP contribution < -0.4 is 4.90 Å². The summed E-state index contributed by atoms with van der Waals surface area (Å²) in [6.07, 6.45) is 4.53. The Kier molecular flexibility index (Phi) is 5.24. The molecule has 6 nitrogen and oxygen atoms in total. The van der Waals surface area contributed by atoms with Gasteiger partial charge < -0.3 is 9.64 Å². The molecule has 0 saturated heterocycles. The van der Waals surface area contributed by atoms with E-state index in [1.54, 1.807) is 36.4 Å². The van der Waals surface area contributed by atoms with Gasteiger partial charge in [-0.25, -0.2) is 13.2 Å². The fourth-order valence-electron chi connectivity index (χ4n) is 3.81. The van der Waals surface area contributed by atoms with Gasteiger partial charge in [-0.2, -0.15) is 0 Å². The fourth-order valence-corrected chi connectivity index (χ4v) is 5.08. The number of aryl methyl sites for hydroxylation is 2. The largest absolute Gasteiger partial charge is 0.452 e. The van der Waals surface area contributed by atoms with E-state index >= 15 is 0 Å². The van der Waals surface area contributed by atoms with E-state index in [1.165, 1.54) is 16.5 Å². The van der Waals surface area contributed by atoms with Crippen LogP contribution in [0.15, 0.2) is 60.0 Å². The first-order chi connectivity index (χ1) is 13.9. The summed E-state index contributed by atoms with van der Waals surface area (Å²) in [5, 5.41) is 1.12. The normalized spacial score (nSPS) is 19.0. The summed E-state index contributed by atoms with van der Waals surface area (Å²) in [6.45, 7) is -0.463. The van der Waals surface area contributed by atoms with Crippen LogP contribution in [0.5, 0.6) is 0 Å². The van der Waals surface area contributed by atoms with Crippen LogP contribution in [0.4, 0.5) is 5.69 Å². The molecular weight excluding hydrogens is 390 g/mol. The molecule has 0 bridgehead atoms. The molecule has 0 spiro atoms. The standard InChI is InChI=1S/C22H21NO5S/c24-21(14-28-22(25)18-10-9-16-5-4-6-17(16)13-18)23(19-7-2-1-3-8-19)20-11-12-29(26,27)15-20/h1-3,7-13,20H,4-6,14-15H2/t20-/m0/s1. The Hall–Kier alpha value is -2.93. The molecule has 2 aromatic carbocycles. The lowest BCUT2D eigenvalue weighted by atomic mass is 10.1. The molecule has 1 amide bonds. The summed E-state index contributed by atoms with van der Waals surface area (Å²) < 4.78 is 28.9. The third-order valence-electron chi connectivity index (χ3n) is 5.21. The van der Waals surface area contributed by atoms with Crippen LogP contribution in [0.25, 0.3) is 0 Å². The van der Waals surface area contributed by atoms with E-state index in [-0.39, 0.29) is 5.75 Å². The van der Waals surface area contributed by atoms with Gasteiger partial charge in [0.1, 0.15) is 0 Å². The Labute approximate surface area is 169 Å². The van der Waals surface area contributed by atoms with E-state index in [9.17, 15) is 18.0 Å². The first-order valence-corrected chi connectivity index (χ1v) is 11.2. The van der Waals surface area contributed by atoms with Crippen molar-refractivity contribution >= 4 is 27.4 Å². The third kappa shape index (κ3) is 4.24. The van der Waals surface area contributed by atoms with Gasteiger partial charge in [0, 0.05) is 11.1 Å². The molecule has 1 aliphatic carbocycles. The monoisotopic (exact) mass is 411 g/mol. The number of nitrogens with zero attached hydrogens (tertiary/aromatic N) is 1. The molecule has 2 aromatic rings. The van der Waals surface area contributed by atoms with Gasteiger partial charge in [0.25, 0.3) is 5.91 Å². The lowest BCUT2D eigenvalue weighted by molar-refractivity contribution is -0.121. The number of sulfone groups is 1. The number of amides is 1. The molecule has 4 rings (SSSR count). The van der Waals surface area contributed by atoms with Crippen molar-refractivity contribution in [3.63, 3.8) is 0 Å². The number of hydrogen-bond acceptors (Lipinski definition) is 5. The van der Waals surface area contributed by atoms with E-state index < -0.39 is 34.4 Å². The fraction of sp³-hybridized carbons (Fsp3) is 0.273. The molecule has 29 heavy (non-hydrogen) atoms. The third-order valence-corrected chi connectivity index (χ3v) is 6.58. The van der Waals surface area contributed by atoms with E-state index in [2.05, 4.69) is 0 Å². The maximum atomic E-state index is 12.9. The summed E-state index contributed by atoms with van der Waals surface area (Å²) in [6, 6.07) is 13.6. The maximum absolute atomic E-state index is 12.9. The predicted octanol–water partition coefficient (Wildman–Crippen LogP) is 2.68. The zero-order valence-electron chi connectivity index (χ0n) is 15.8. The lowest BCUT2D eigenvalue weighted by Gasteiger charge is -2.27.